The number of carbonyl (C=O) groups excluding carboxylic acids is 3. The Bertz CT molecular complexity index is 861. The molecule has 0 aromatic heterocycles. The molecule has 2 heterocycles. The van der Waals surface area contributed by atoms with Gasteiger partial charge in [-0.2, -0.15) is 0 Å². The zero-order valence-corrected chi connectivity index (χ0v) is 12.5. The Morgan fingerprint density at radius 3 is 2.21 bits per heavy atom. The van der Waals surface area contributed by atoms with Crippen molar-refractivity contribution in [2.24, 2.45) is 11.1 Å². The summed E-state index contributed by atoms with van der Waals surface area (Å²) in [5.74, 6) is -2.39. The fraction of sp³-hybridized carbons (Fsp3) is 0.111. The smallest absolute Gasteiger partial charge is 0.278 e. The van der Waals surface area contributed by atoms with Gasteiger partial charge in [0.05, 0.1) is 5.69 Å². The van der Waals surface area contributed by atoms with Crippen LogP contribution in [0.1, 0.15) is 10.4 Å². The van der Waals surface area contributed by atoms with Gasteiger partial charge < -0.3 is 4.84 Å². The number of amides is 2. The van der Waals surface area contributed by atoms with Crippen LogP contribution < -0.4 is 4.90 Å². The van der Waals surface area contributed by atoms with Crippen LogP contribution in [0.5, 0.6) is 0 Å². The fourth-order valence-corrected chi connectivity index (χ4v) is 2.94. The first kappa shape index (κ1) is 14.3. The highest BCUT2D eigenvalue weighted by molar-refractivity contribution is 6.52. The monoisotopic (exact) mass is 320 g/mol. The van der Waals surface area contributed by atoms with Crippen molar-refractivity contribution in [3.05, 3.63) is 66.2 Å². The van der Waals surface area contributed by atoms with Crippen LogP contribution >= 0.6 is 0 Å². The third-order valence-electron chi connectivity index (χ3n) is 4.10. The number of rotatable bonds is 3. The highest BCUT2D eigenvalue weighted by Crippen LogP contribution is 2.33. The molecule has 0 bridgehead atoms. The van der Waals surface area contributed by atoms with E-state index in [4.69, 9.17) is 4.84 Å². The average Bonchev–Trinajstić information content (AvgIpc) is 3.17. The van der Waals surface area contributed by atoms with Crippen LogP contribution in [-0.2, 0) is 14.4 Å². The number of oxime groups is 1. The molecule has 1 saturated heterocycles. The lowest BCUT2D eigenvalue weighted by atomic mass is 9.93. The second kappa shape index (κ2) is 5.42. The molecule has 2 aliphatic rings. The number of para-hydroxylation sites is 1. The van der Waals surface area contributed by atoms with Crippen molar-refractivity contribution in [2.45, 2.75) is 6.10 Å². The van der Waals surface area contributed by atoms with Gasteiger partial charge in [0.1, 0.15) is 11.6 Å². The molecule has 2 amide bonds. The Morgan fingerprint density at radius 2 is 1.54 bits per heavy atom. The van der Waals surface area contributed by atoms with Gasteiger partial charge in [-0.1, -0.05) is 53.7 Å². The molecule has 0 spiro atoms. The number of ketones is 1. The molecule has 0 N–H and O–H groups in total. The standard InChI is InChI=1S/C18H12N2O4/c21-15(11-7-3-1-4-8-11)14-13-16(24-19-14)18(23)20(17(13)22)12-9-5-2-6-10-12/h1-10,13,16H. The first-order chi connectivity index (χ1) is 11.7. The molecule has 0 aliphatic carbocycles. The summed E-state index contributed by atoms with van der Waals surface area (Å²) in [5.41, 5.74) is 0.832. The van der Waals surface area contributed by atoms with Gasteiger partial charge in [-0.15, -0.1) is 0 Å². The van der Waals surface area contributed by atoms with E-state index in [1.165, 1.54) is 0 Å². The molecule has 0 radical (unpaired) electrons. The molecule has 2 atom stereocenters. The van der Waals surface area contributed by atoms with E-state index in [-0.39, 0.29) is 5.71 Å². The summed E-state index contributed by atoms with van der Waals surface area (Å²) in [6.07, 6.45) is -1.07. The molecular formula is C18H12N2O4. The van der Waals surface area contributed by atoms with E-state index in [1.54, 1.807) is 60.7 Å². The predicted molar refractivity (Wildman–Crippen MR) is 85.5 cm³/mol. The van der Waals surface area contributed by atoms with Gasteiger partial charge >= 0.3 is 0 Å². The van der Waals surface area contributed by atoms with E-state index in [1.807, 2.05) is 0 Å². The van der Waals surface area contributed by atoms with E-state index >= 15 is 0 Å². The number of imide groups is 1. The molecule has 2 aliphatic heterocycles. The van der Waals surface area contributed by atoms with Gasteiger partial charge in [0.25, 0.3) is 5.91 Å². The maximum atomic E-state index is 12.7. The van der Waals surface area contributed by atoms with Crippen LogP contribution in [0.3, 0.4) is 0 Å². The minimum atomic E-state index is -1.07. The number of fused-ring (bicyclic) bond motifs is 1. The lowest BCUT2D eigenvalue weighted by molar-refractivity contribution is -0.126. The number of benzene rings is 2. The highest BCUT2D eigenvalue weighted by Gasteiger charge is 2.57. The molecule has 2 unspecified atom stereocenters. The first-order valence-electron chi connectivity index (χ1n) is 7.45. The van der Waals surface area contributed by atoms with Gasteiger partial charge in [0, 0.05) is 5.56 Å². The molecule has 2 aromatic carbocycles. The normalized spacial score (nSPS) is 22.2. The van der Waals surface area contributed by atoms with Crippen molar-refractivity contribution < 1.29 is 19.2 Å². The van der Waals surface area contributed by atoms with Crippen LogP contribution in [0.15, 0.2) is 65.8 Å². The van der Waals surface area contributed by atoms with Crippen LogP contribution in [0.2, 0.25) is 0 Å². The Morgan fingerprint density at radius 1 is 0.917 bits per heavy atom. The number of anilines is 1. The molecule has 1 fully saturated rings. The lowest BCUT2D eigenvalue weighted by Gasteiger charge is -2.14. The van der Waals surface area contributed by atoms with Crippen molar-refractivity contribution in [1.29, 1.82) is 0 Å². The second-order valence-electron chi connectivity index (χ2n) is 5.52. The van der Waals surface area contributed by atoms with Crippen molar-refractivity contribution in [3.63, 3.8) is 0 Å². The summed E-state index contributed by atoms with van der Waals surface area (Å²) in [6.45, 7) is 0. The first-order valence-corrected chi connectivity index (χ1v) is 7.45. The Kier molecular flexibility index (Phi) is 3.23. The summed E-state index contributed by atoms with van der Waals surface area (Å²) in [4.78, 5) is 44.0. The summed E-state index contributed by atoms with van der Waals surface area (Å²) in [6, 6.07) is 17.1. The van der Waals surface area contributed by atoms with Crippen molar-refractivity contribution in [1.82, 2.24) is 0 Å². The summed E-state index contributed by atoms with van der Waals surface area (Å²) < 4.78 is 0. The van der Waals surface area contributed by atoms with Crippen LogP contribution in [0.4, 0.5) is 5.69 Å². The Balaban J connectivity index is 1.68. The average molecular weight is 320 g/mol. The highest BCUT2D eigenvalue weighted by atomic mass is 16.7. The molecule has 0 saturated carbocycles. The van der Waals surface area contributed by atoms with Gasteiger partial charge in [-0.05, 0) is 12.1 Å². The van der Waals surface area contributed by atoms with E-state index in [2.05, 4.69) is 5.16 Å². The van der Waals surface area contributed by atoms with Crippen molar-refractivity contribution >= 4 is 29.0 Å². The number of carbonyl (C=O) groups is 3. The van der Waals surface area contributed by atoms with Crippen molar-refractivity contribution in [2.75, 3.05) is 4.90 Å². The predicted octanol–water partition coefficient (Wildman–Crippen LogP) is 1.81. The van der Waals surface area contributed by atoms with Gasteiger partial charge in [0.2, 0.25) is 17.8 Å². The minimum Gasteiger partial charge on any atom is -0.381 e. The number of hydrogen-bond acceptors (Lipinski definition) is 5. The maximum Gasteiger partial charge on any atom is 0.278 e. The van der Waals surface area contributed by atoms with Gasteiger partial charge in [0.15, 0.2) is 0 Å². The summed E-state index contributed by atoms with van der Waals surface area (Å²) in [5, 5.41) is 3.72. The maximum absolute atomic E-state index is 12.7. The van der Waals surface area contributed by atoms with Gasteiger partial charge in [-0.25, -0.2) is 4.90 Å². The lowest BCUT2D eigenvalue weighted by Crippen LogP contribution is -2.34. The fourth-order valence-electron chi connectivity index (χ4n) is 2.94. The number of hydrogen-bond donors (Lipinski definition) is 0. The summed E-state index contributed by atoms with van der Waals surface area (Å²) >= 11 is 0. The van der Waals surface area contributed by atoms with Gasteiger partial charge in [-0.3, -0.25) is 14.4 Å². The SMILES string of the molecule is O=C(C1=NOC2C(=O)N(c3ccccc3)C(=O)C12)c1ccccc1. The third kappa shape index (κ3) is 2.04. The Labute approximate surface area is 137 Å². The van der Waals surface area contributed by atoms with Crippen LogP contribution in [0.25, 0.3) is 0 Å². The molecular weight excluding hydrogens is 308 g/mol. The molecule has 24 heavy (non-hydrogen) atoms. The van der Waals surface area contributed by atoms with E-state index in [0.29, 0.717) is 11.3 Å². The molecule has 6 nitrogen and oxygen atoms in total. The molecule has 4 rings (SSSR count). The number of nitrogens with zero attached hydrogens (tertiary/aromatic N) is 2. The largest absolute Gasteiger partial charge is 0.381 e. The Hall–Kier alpha value is -3.28. The molecule has 118 valence electrons. The number of Topliss-reactive ketones (excluding diaryl/α,β-unsaturated/α-hetero) is 1. The quantitative estimate of drug-likeness (QED) is 0.638. The topological polar surface area (TPSA) is 76.0 Å². The zero-order chi connectivity index (χ0) is 16.7. The van der Waals surface area contributed by atoms with E-state index < -0.39 is 29.6 Å². The third-order valence-corrected chi connectivity index (χ3v) is 4.10. The molecule has 6 heteroatoms. The minimum absolute atomic E-state index is 0.0250. The van der Waals surface area contributed by atoms with E-state index in [9.17, 15) is 14.4 Å². The second-order valence-corrected chi connectivity index (χ2v) is 5.52. The van der Waals surface area contributed by atoms with E-state index in [0.717, 1.165) is 4.90 Å². The van der Waals surface area contributed by atoms with Crippen molar-refractivity contribution in [3.8, 4) is 0 Å². The van der Waals surface area contributed by atoms with Crippen LogP contribution in [-0.4, -0.2) is 29.4 Å². The van der Waals surface area contributed by atoms with Crippen LogP contribution in [0, 0.1) is 5.92 Å². The molecule has 2 aromatic rings. The summed E-state index contributed by atoms with van der Waals surface area (Å²) in [7, 11) is 0. The zero-order valence-electron chi connectivity index (χ0n) is 12.5.